The Bertz CT molecular complexity index is 430. The summed E-state index contributed by atoms with van der Waals surface area (Å²) in [5.74, 6) is 0.0262. The fourth-order valence-electron chi connectivity index (χ4n) is 1.32. The highest BCUT2D eigenvalue weighted by molar-refractivity contribution is 5.97. The molecule has 0 atom stereocenters. The van der Waals surface area contributed by atoms with Gasteiger partial charge in [0.05, 0.1) is 33.0 Å². The molecule has 0 aliphatic heterocycles. The predicted molar refractivity (Wildman–Crippen MR) is 73.6 cm³/mol. The van der Waals surface area contributed by atoms with Gasteiger partial charge in [0, 0.05) is 19.5 Å². The van der Waals surface area contributed by atoms with E-state index in [1.54, 1.807) is 7.11 Å². The number of aromatic nitrogens is 2. The first-order valence-electron chi connectivity index (χ1n) is 6.35. The zero-order chi connectivity index (χ0) is 15.3. The van der Waals surface area contributed by atoms with Gasteiger partial charge in [-0.3, -0.25) is 0 Å². The van der Waals surface area contributed by atoms with E-state index in [9.17, 15) is 0 Å². The Labute approximate surface area is 122 Å². The van der Waals surface area contributed by atoms with Crippen LogP contribution in [0.5, 0.6) is 5.88 Å². The first kappa shape index (κ1) is 17.1. The van der Waals surface area contributed by atoms with E-state index in [4.69, 9.17) is 29.9 Å². The molecule has 118 valence electrons. The summed E-state index contributed by atoms with van der Waals surface area (Å²) in [6.45, 7) is 2.68. The summed E-state index contributed by atoms with van der Waals surface area (Å²) in [6, 6.07) is 0. The van der Waals surface area contributed by atoms with Crippen molar-refractivity contribution in [3.63, 3.8) is 0 Å². The van der Waals surface area contributed by atoms with Crippen molar-refractivity contribution in [3.8, 4) is 5.88 Å². The molecule has 0 saturated heterocycles. The van der Waals surface area contributed by atoms with Gasteiger partial charge in [-0.2, -0.15) is 0 Å². The molecule has 0 saturated carbocycles. The Morgan fingerprint density at radius 3 is 2.38 bits per heavy atom. The van der Waals surface area contributed by atoms with Gasteiger partial charge in [-0.1, -0.05) is 5.16 Å². The van der Waals surface area contributed by atoms with E-state index >= 15 is 0 Å². The van der Waals surface area contributed by atoms with Crippen LogP contribution in [0.2, 0.25) is 0 Å². The fraction of sp³-hybridized carbons (Fsp3) is 0.583. The minimum absolute atomic E-state index is 0.162. The van der Waals surface area contributed by atoms with Crippen LogP contribution in [-0.4, -0.2) is 67.8 Å². The van der Waals surface area contributed by atoms with Crippen LogP contribution in [0.3, 0.4) is 0 Å². The van der Waals surface area contributed by atoms with Crippen molar-refractivity contribution in [2.75, 3.05) is 46.8 Å². The van der Waals surface area contributed by atoms with Crippen LogP contribution in [0.4, 0.5) is 0 Å². The van der Waals surface area contributed by atoms with E-state index in [1.807, 2.05) is 0 Å². The van der Waals surface area contributed by atoms with Crippen molar-refractivity contribution in [3.05, 3.63) is 18.1 Å². The lowest BCUT2D eigenvalue weighted by Crippen LogP contribution is -2.19. The Hall–Kier alpha value is -1.97. The quantitative estimate of drug-likeness (QED) is 0.187. The third-order valence-electron chi connectivity index (χ3n) is 2.29. The van der Waals surface area contributed by atoms with Crippen LogP contribution in [0.15, 0.2) is 17.5 Å². The number of nitrogens with zero attached hydrogens (tertiary/aromatic N) is 3. The molecular formula is C12H20N4O5. The monoisotopic (exact) mass is 300 g/mol. The normalized spacial score (nSPS) is 11.6. The number of hydrogen-bond acceptors (Lipinski definition) is 8. The molecule has 0 aromatic carbocycles. The SMILES string of the molecule is COCCOCCOCCOc1nccnc1C(N)=NO. The Morgan fingerprint density at radius 1 is 1.10 bits per heavy atom. The molecule has 1 heterocycles. The van der Waals surface area contributed by atoms with Gasteiger partial charge in [-0.25, -0.2) is 9.97 Å². The van der Waals surface area contributed by atoms with Gasteiger partial charge in [-0.15, -0.1) is 0 Å². The average molecular weight is 300 g/mol. The van der Waals surface area contributed by atoms with Gasteiger partial charge >= 0.3 is 0 Å². The highest BCUT2D eigenvalue weighted by Gasteiger charge is 2.10. The van der Waals surface area contributed by atoms with Crippen LogP contribution >= 0.6 is 0 Å². The van der Waals surface area contributed by atoms with Gasteiger partial charge in [-0.05, 0) is 0 Å². The number of methoxy groups -OCH3 is 1. The molecule has 0 aliphatic rings. The topological polar surface area (TPSA) is 121 Å². The van der Waals surface area contributed by atoms with Crippen molar-refractivity contribution >= 4 is 5.84 Å². The summed E-state index contributed by atoms with van der Waals surface area (Å²) in [4.78, 5) is 7.89. The van der Waals surface area contributed by atoms with E-state index in [0.29, 0.717) is 33.0 Å². The van der Waals surface area contributed by atoms with Crippen LogP contribution in [0.1, 0.15) is 5.69 Å². The second-order valence-corrected chi connectivity index (χ2v) is 3.76. The molecule has 0 aliphatic carbocycles. The summed E-state index contributed by atoms with van der Waals surface area (Å²) in [5.41, 5.74) is 5.65. The Balaban J connectivity index is 2.19. The first-order valence-corrected chi connectivity index (χ1v) is 6.35. The highest BCUT2D eigenvalue weighted by Crippen LogP contribution is 2.10. The number of amidine groups is 1. The van der Waals surface area contributed by atoms with E-state index < -0.39 is 0 Å². The van der Waals surface area contributed by atoms with E-state index in [0.717, 1.165) is 0 Å². The standard InChI is InChI=1S/C12H20N4O5/c1-18-4-5-19-6-7-20-8-9-21-12-10(11(13)16-17)14-2-3-15-12/h2-3,17H,4-9H2,1H3,(H2,13,16). The number of nitrogens with two attached hydrogens (primary N) is 1. The van der Waals surface area contributed by atoms with Crippen LogP contribution < -0.4 is 10.5 Å². The zero-order valence-electron chi connectivity index (χ0n) is 11.9. The van der Waals surface area contributed by atoms with Gasteiger partial charge in [0.2, 0.25) is 5.88 Å². The lowest BCUT2D eigenvalue weighted by molar-refractivity contribution is 0.0176. The molecule has 21 heavy (non-hydrogen) atoms. The van der Waals surface area contributed by atoms with E-state index in [1.165, 1.54) is 12.4 Å². The number of oxime groups is 1. The molecule has 1 aromatic heterocycles. The maximum Gasteiger partial charge on any atom is 0.244 e. The number of hydrogen-bond donors (Lipinski definition) is 2. The molecule has 0 amide bonds. The molecular weight excluding hydrogens is 280 g/mol. The van der Waals surface area contributed by atoms with Gasteiger partial charge in [0.1, 0.15) is 6.61 Å². The van der Waals surface area contributed by atoms with E-state index in [2.05, 4.69) is 15.1 Å². The second kappa shape index (κ2) is 10.8. The van der Waals surface area contributed by atoms with Crippen molar-refractivity contribution in [1.29, 1.82) is 0 Å². The highest BCUT2D eigenvalue weighted by atomic mass is 16.6. The summed E-state index contributed by atoms with van der Waals surface area (Å²) < 4.78 is 20.8. The third-order valence-corrected chi connectivity index (χ3v) is 2.29. The minimum Gasteiger partial charge on any atom is -0.474 e. The van der Waals surface area contributed by atoms with Crippen molar-refractivity contribution < 1.29 is 24.2 Å². The molecule has 9 nitrogen and oxygen atoms in total. The molecule has 1 aromatic rings. The summed E-state index contributed by atoms with van der Waals surface area (Å²) in [5, 5.41) is 11.5. The summed E-state index contributed by atoms with van der Waals surface area (Å²) >= 11 is 0. The molecule has 0 bridgehead atoms. The predicted octanol–water partition coefficient (Wildman–Crippen LogP) is -0.370. The van der Waals surface area contributed by atoms with Crippen LogP contribution in [0.25, 0.3) is 0 Å². The van der Waals surface area contributed by atoms with Gasteiger partial charge < -0.3 is 29.9 Å². The fourth-order valence-corrected chi connectivity index (χ4v) is 1.32. The number of rotatable bonds is 11. The molecule has 0 spiro atoms. The van der Waals surface area contributed by atoms with Crippen molar-refractivity contribution in [2.45, 2.75) is 0 Å². The maximum absolute atomic E-state index is 8.64. The lowest BCUT2D eigenvalue weighted by atomic mass is 10.4. The van der Waals surface area contributed by atoms with Gasteiger partial charge in [0.15, 0.2) is 11.5 Å². The zero-order valence-corrected chi connectivity index (χ0v) is 11.9. The van der Waals surface area contributed by atoms with Crippen LogP contribution in [0, 0.1) is 0 Å². The Kier molecular flexibility index (Phi) is 8.76. The Morgan fingerprint density at radius 2 is 1.71 bits per heavy atom. The average Bonchev–Trinajstić information content (AvgIpc) is 2.53. The van der Waals surface area contributed by atoms with Gasteiger partial charge in [0.25, 0.3) is 0 Å². The first-order chi connectivity index (χ1) is 10.3. The largest absolute Gasteiger partial charge is 0.474 e. The van der Waals surface area contributed by atoms with Crippen molar-refractivity contribution in [2.24, 2.45) is 10.9 Å². The molecule has 3 N–H and O–H groups in total. The second-order valence-electron chi connectivity index (χ2n) is 3.76. The summed E-state index contributed by atoms with van der Waals surface area (Å²) in [6.07, 6.45) is 2.88. The smallest absolute Gasteiger partial charge is 0.244 e. The maximum atomic E-state index is 8.64. The molecule has 9 heteroatoms. The van der Waals surface area contributed by atoms with Crippen LogP contribution in [-0.2, 0) is 14.2 Å². The number of ether oxygens (including phenoxy) is 4. The molecule has 0 unspecified atom stereocenters. The third kappa shape index (κ3) is 6.84. The lowest BCUT2D eigenvalue weighted by Gasteiger charge is -2.09. The van der Waals surface area contributed by atoms with E-state index in [-0.39, 0.29) is 24.0 Å². The minimum atomic E-state index is -0.162. The van der Waals surface area contributed by atoms with Crippen molar-refractivity contribution in [1.82, 2.24) is 9.97 Å². The summed E-state index contributed by atoms with van der Waals surface area (Å²) in [7, 11) is 1.62. The molecule has 1 rings (SSSR count). The molecule has 0 fully saturated rings. The molecule has 0 radical (unpaired) electrons.